The summed E-state index contributed by atoms with van der Waals surface area (Å²) in [5, 5.41) is 1.16. The molecule has 0 unspecified atom stereocenters. The van der Waals surface area contributed by atoms with Crippen LogP contribution in [0.3, 0.4) is 0 Å². The molecule has 0 aliphatic rings. The summed E-state index contributed by atoms with van der Waals surface area (Å²) in [5.74, 6) is 1.64. The Morgan fingerprint density at radius 2 is 1.45 bits per heavy atom. The normalized spacial score (nSPS) is 12.3. The maximum atomic E-state index is 5.47. The van der Waals surface area contributed by atoms with Gasteiger partial charge in [-0.2, -0.15) is 0 Å². The molecule has 0 saturated carbocycles. The summed E-state index contributed by atoms with van der Waals surface area (Å²) in [6, 6.07) is 17.6. The van der Waals surface area contributed by atoms with E-state index < -0.39 is 8.07 Å². The van der Waals surface area contributed by atoms with Crippen LogP contribution < -0.4 is 4.74 Å². The van der Waals surface area contributed by atoms with E-state index in [0.717, 1.165) is 34.1 Å². The average Bonchev–Trinajstić information content (AvgIpc) is 2.70. The van der Waals surface area contributed by atoms with Crippen LogP contribution in [-0.2, 0) is 6.04 Å². The van der Waals surface area contributed by atoms with Crippen LogP contribution in [0.15, 0.2) is 48.5 Å². The van der Waals surface area contributed by atoms with Crippen LogP contribution in [-0.4, -0.2) is 25.2 Å². The molecule has 0 bridgehead atoms. The first-order chi connectivity index (χ1) is 13.8. The minimum Gasteiger partial charge on any atom is -0.497 e. The second-order valence-corrected chi connectivity index (χ2v) is 15.0. The second-order valence-electron chi connectivity index (χ2n) is 9.00. The Kier molecular flexibility index (Phi) is 6.42. The summed E-state index contributed by atoms with van der Waals surface area (Å²) in [6.07, 6.45) is 0. The molecule has 0 amide bonds. The SMILES string of the molecule is COc1ccc2c(C[Si](C(C)C)(C(C)C)C(C)C)nc(-c3ccccc3)nc2c1. The summed E-state index contributed by atoms with van der Waals surface area (Å²) in [4.78, 5) is 10.0. The van der Waals surface area contributed by atoms with Gasteiger partial charge in [0, 0.05) is 22.7 Å². The van der Waals surface area contributed by atoms with Crippen molar-refractivity contribution >= 4 is 19.0 Å². The zero-order valence-electron chi connectivity index (χ0n) is 18.9. The van der Waals surface area contributed by atoms with Gasteiger partial charge >= 0.3 is 0 Å². The van der Waals surface area contributed by atoms with Gasteiger partial charge < -0.3 is 4.74 Å². The Balaban J connectivity index is 2.24. The van der Waals surface area contributed by atoms with Crippen molar-refractivity contribution in [3.05, 3.63) is 54.2 Å². The van der Waals surface area contributed by atoms with E-state index in [9.17, 15) is 0 Å². The Morgan fingerprint density at radius 3 is 2.00 bits per heavy atom. The van der Waals surface area contributed by atoms with Crippen molar-refractivity contribution in [2.45, 2.75) is 64.2 Å². The third-order valence-electron chi connectivity index (χ3n) is 6.71. The topological polar surface area (TPSA) is 35.0 Å². The van der Waals surface area contributed by atoms with Crippen molar-refractivity contribution in [3.8, 4) is 17.1 Å². The molecule has 0 aliphatic heterocycles. The Bertz CT molecular complexity index is 945. The molecule has 0 saturated heterocycles. The highest BCUT2D eigenvalue weighted by atomic mass is 28.3. The molecule has 3 rings (SSSR count). The van der Waals surface area contributed by atoms with Crippen molar-refractivity contribution in [2.75, 3.05) is 7.11 Å². The van der Waals surface area contributed by atoms with Gasteiger partial charge in [0.25, 0.3) is 0 Å². The van der Waals surface area contributed by atoms with Crippen molar-refractivity contribution in [2.24, 2.45) is 0 Å². The maximum absolute atomic E-state index is 5.47. The third kappa shape index (κ3) is 4.09. The minimum absolute atomic E-state index is 0.686. The zero-order valence-corrected chi connectivity index (χ0v) is 19.9. The van der Waals surface area contributed by atoms with Crippen LogP contribution in [0, 0.1) is 0 Å². The molecule has 3 aromatic rings. The molecule has 0 fully saturated rings. The van der Waals surface area contributed by atoms with Crippen LogP contribution in [0.4, 0.5) is 0 Å². The molecule has 1 aromatic heterocycles. The van der Waals surface area contributed by atoms with Gasteiger partial charge in [-0.15, -0.1) is 0 Å². The fraction of sp³-hybridized carbons (Fsp3) is 0.440. The lowest BCUT2D eigenvalue weighted by molar-refractivity contribution is 0.415. The van der Waals surface area contributed by atoms with Gasteiger partial charge in [-0.25, -0.2) is 9.97 Å². The van der Waals surface area contributed by atoms with E-state index in [-0.39, 0.29) is 0 Å². The fourth-order valence-corrected chi connectivity index (χ4v) is 11.1. The van der Waals surface area contributed by atoms with Gasteiger partial charge in [-0.05, 0) is 18.2 Å². The first-order valence-electron chi connectivity index (χ1n) is 10.7. The number of hydrogen-bond acceptors (Lipinski definition) is 3. The van der Waals surface area contributed by atoms with E-state index in [1.165, 1.54) is 5.69 Å². The maximum Gasteiger partial charge on any atom is 0.160 e. The number of rotatable bonds is 7. The molecule has 154 valence electrons. The van der Waals surface area contributed by atoms with Crippen molar-refractivity contribution in [1.29, 1.82) is 0 Å². The zero-order chi connectivity index (χ0) is 21.2. The van der Waals surface area contributed by atoms with E-state index in [4.69, 9.17) is 14.7 Å². The molecule has 29 heavy (non-hydrogen) atoms. The summed E-state index contributed by atoms with van der Waals surface area (Å²) >= 11 is 0. The first kappa shape index (κ1) is 21.5. The molecule has 4 heteroatoms. The van der Waals surface area contributed by atoms with Crippen LogP contribution >= 0.6 is 0 Å². The molecule has 0 atom stereocenters. The predicted octanol–water partition coefficient (Wildman–Crippen LogP) is 7.07. The van der Waals surface area contributed by atoms with E-state index >= 15 is 0 Å². The number of ether oxygens (including phenoxy) is 1. The standard InChI is InChI=1S/C25H34N2OSi/c1-17(2)29(18(3)4,19(5)6)16-24-22-14-13-21(28-7)15-23(22)26-25(27-24)20-11-9-8-10-12-20/h8-15,17-19H,16H2,1-7H3. The van der Waals surface area contributed by atoms with Crippen molar-refractivity contribution in [1.82, 2.24) is 9.97 Å². The first-order valence-corrected chi connectivity index (χ1v) is 13.1. The Morgan fingerprint density at radius 1 is 0.828 bits per heavy atom. The highest BCUT2D eigenvalue weighted by molar-refractivity contribution is 6.83. The van der Waals surface area contributed by atoms with Crippen LogP contribution in [0.1, 0.15) is 47.2 Å². The van der Waals surface area contributed by atoms with Gasteiger partial charge in [0.15, 0.2) is 5.82 Å². The van der Waals surface area contributed by atoms with Gasteiger partial charge in [0.2, 0.25) is 0 Å². The highest BCUT2D eigenvalue weighted by Crippen LogP contribution is 2.44. The fourth-order valence-electron chi connectivity index (χ4n) is 5.06. The molecular weight excluding hydrogens is 372 g/mol. The largest absolute Gasteiger partial charge is 0.497 e. The van der Waals surface area contributed by atoms with Gasteiger partial charge in [0.1, 0.15) is 5.75 Å². The highest BCUT2D eigenvalue weighted by Gasteiger charge is 2.43. The number of nitrogens with zero attached hydrogens (tertiary/aromatic N) is 2. The molecular formula is C25H34N2OSi. The molecule has 0 spiro atoms. The monoisotopic (exact) mass is 406 g/mol. The van der Waals surface area contributed by atoms with E-state index in [1.54, 1.807) is 7.11 Å². The summed E-state index contributed by atoms with van der Waals surface area (Å²) in [7, 11) is 0.0510. The number of hydrogen-bond donors (Lipinski definition) is 0. The minimum atomic E-state index is -1.65. The van der Waals surface area contributed by atoms with Crippen molar-refractivity contribution in [3.63, 3.8) is 0 Å². The predicted molar refractivity (Wildman–Crippen MR) is 126 cm³/mol. The molecule has 1 heterocycles. The van der Waals surface area contributed by atoms with Crippen LogP contribution in [0.5, 0.6) is 5.75 Å². The van der Waals surface area contributed by atoms with Crippen molar-refractivity contribution < 1.29 is 4.74 Å². The summed E-state index contributed by atoms with van der Waals surface area (Å²) in [6.45, 7) is 14.5. The number of benzene rings is 2. The quantitative estimate of drug-likeness (QED) is 0.394. The van der Waals surface area contributed by atoms with Crippen LogP contribution in [0.2, 0.25) is 16.6 Å². The second kappa shape index (κ2) is 8.66. The number of fused-ring (bicyclic) bond motifs is 1. The molecule has 0 radical (unpaired) electrons. The number of methoxy groups -OCH3 is 1. The van der Waals surface area contributed by atoms with Gasteiger partial charge in [0.05, 0.1) is 20.7 Å². The van der Waals surface area contributed by atoms with E-state index in [1.807, 2.05) is 30.3 Å². The number of aromatic nitrogens is 2. The third-order valence-corrected chi connectivity index (χ3v) is 14.1. The summed E-state index contributed by atoms with van der Waals surface area (Å²) in [5.41, 5.74) is 5.28. The molecule has 2 aromatic carbocycles. The lowest BCUT2D eigenvalue weighted by Crippen LogP contribution is -2.47. The van der Waals surface area contributed by atoms with Crippen LogP contribution in [0.25, 0.3) is 22.3 Å². The smallest absolute Gasteiger partial charge is 0.160 e. The Labute approximate surface area is 176 Å². The van der Waals surface area contributed by atoms with Gasteiger partial charge in [-0.3, -0.25) is 0 Å². The van der Waals surface area contributed by atoms with E-state index in [0.29, 0.717) is 16.6 Å². The average molecular weight is 407 g/mol. The molecule has 0 aliphatic carbocycles. The Hall–Kier alpha value is -2.20. The lowest BCUT2D eigenvalue weighted by Gasteiger charge is -2.43. The van der Waals surface area contributed by atoms with E-state index in [2.05, 4.69) is 59.7 Å². The molecule has 0 N–H and O–H groups in total. The molecule has 3 nitrogen and oxygen atoms in total. The van der Waals surface area contributed by atoms with Gasteiger partial charge in [-0.1, -0.05) is 88.5 Å². The lowest BCUT2D eigenvalue weighted by atomic mass is 10.1. The summed E-state index contributed by atoms with van der Waals surface area (Å²) < 4.78 is 5.47.